The molecular formula is C9H5BrF5NOS. The van der Waals surface area contributed by atoms with Crippen molar-refractivity contribution in [2.75, 3.05) is 0 Å². The van der Waals surface area contributed by atoms with Crippen LogP contribution in [0.4, 0.5) is 19.4 Å². The normalized spacial score (nSPS) is 16.3. The monoisotopic (exact) mass is 349 g/mol. The van der Waals surface area contributed by atoms with E-state index >= 15 is 0 Å². The predicted molar refractivity (Wildman–Crippen MR) is 62.8 cm³/mol. The van der Waals surface area contributed by atoms with Crippen molar-refractivity contribution in [1.29, 1.82) is 0 Å². The Hall–Kier alpha value is -1.09. The van der Waals surface area contributed by atoms with E-state index in [-0.39, 0.29) is 27.1 Å². The lowest BCUT2D eigenvalue weighted by molar-refractivity contribution is 0.112. The Bertz CT molecular complexity index is 663. The number of benzene rings is 1. The fourth-order valence-corrected chi connectivity index (χ4v) is 2.71. The molecule has 1 heterocycles. The van der Waals surface area contributed by atoms with Crippen LogP contribution in [-0.2, 0) is 0 Å². The van der Waals surface area contributed by atoms with E-state index in [1.54, 1.807) is 0 Å². The van der Waals surface area contributed by atoms with Gasteiger partial charge in [-0.15, -0.1) is 0 Å². The number of carbonyl (C=O) groups is 1. The largest absolute Gasteiger partial charge is 0.349 e. The highest BCUT2D eigenvalue weighted by Crippen LogP contribution is 3.02. The van der Waals surface area contributed by atoms with Gasteiger partial charge in [-0.2, -0.15) is 0 Å². The van der Waals surface area contributed by atoms with Crippen LogP contribution in [0.1, 0.15) is 10.4 Å². The maximum absolute atomic E-state index is 12.6. The second kappa shape index (κ2) is 3.08. The van der Waals surface area contributed by atoms with Crippen LogP contribution >= 0.6 is 26.2 Å². The number of aromatic nitrogens is 1. The molecular weight excluding hydrogens is 345 g/mol. The number of fused-ring (bicyclic) bond motifs is 1. The van der Waals surface area contributed by atoms with Crippen LogP contribution in [0.5, 0.6) is 0 Å². The van der Waals surface area contributed by atoms with Crippen LogP contribution in [0, 0.1) is 0 Å². The van der Waals surface area contributed by atoms with Crippen LogP contribution in [0.2, 0.25) is 0 Å². The summed E-state index contributed by atoms with van der Waals surface area (Å²) in [6, 6.07) is 1.42. The van der Waals surface area contributed by atoms with Crippen LogP contribution in [-0.4, -0.2) is 11.3 Å². The van der Waals surface area contributed by atoms with Gasteiger partial charge in [0.15, 0.2) is 6.29 Å². The summed E-state index contributed by atoms with van der Waals surface area (Å²) in [5.74, 6) is 0. The lowest BCUT2D eigenvalue weighted by atomic mass is 10.2. The van der Waals surface area contributed by atoms with Gasteiger partial charge >= 0.3 is 10.2 Å². The lowest BCUT2D eigenvalue weighted by Gasteiger charge is -2.40. The standard InChI is InChI=1S/C9H5BrF5NOS/c10-9-7(4-17)6-2-1-5(3-8(6)16-9)18(11,12,13,14)15/h1-4,16H. The van der Waals surface area contributed by atoms with Gasteiger partial charge in [0.2, 0.25) is 0 Å². The summed E-state index contributed by atoms with van der Waals surface area (Å²) >= 11 is 2.93. The first-order valence-corrected chi connectivity index (χ1v) is 7.17. The second-order valence-electron chi connectivity index (χ2n) is 3.65. The molecule has 100 valence electrons. The average molecular weight is 350 g/mol. The van der Waals surface area contributed by atoms with Gasteiger partial charge in [-0.05, 0) is 28.1 Å². The molecule has 1 aromatic heterocycles. The Kier molecular flexibility index (Phi) is 2.28. The number of hydrogen-bond acceptors (Lipinski definition) is 1. The molecule has 1 aromatic carbocycles. The minimum atomic E-state index is -9.70. The Morgan fingerprint density at radius 3 is 2.28 bits per heavy atom. The maximum Gasteiger partial charge on any atom is 0.310 e. The maximum atomic E-state index is 12.6. The highest BCUT2D eigenvalue weighted by atomic mass is 79.9. The zero-order valence-electron chi connectivity index (χ0n) is 8.39. The van der Waals surface area contributed by atoms with Crippen molar-refractivity contribution < 1.29 is 24.2 Å². The smallest absolute Gasteiger partial charge is 0.310 e. The van der Waals surface area contributed by atoms with Gasteiger partial charge in [-0.25, -0.2) is 0 Å². The zero-order chi connectivity index (χ0) is 13.8. The first kappa shape index (κ1) is 13.3. The molecule has 18 heavy (non-hydrogen) atoms. The van der Waals surface area contributed by atoms with Crippen LogP contribution < -0.4 is 0 Å². The summed E-state index contributed by atoms with van der Waals surface area (Å²) in [5.41, 5.74) is -0.103. The number of rotatable bonds is 2. The minimum Gasteiger partial charge on any atom is -0.349 e. The average Bonchev–Trinajstić information content (AvgIpc) is 2.48. The predicted octanol–water partition coefficient (Wildman–Crippen LogP) is 5.40. The van der Waals surface area contributed by atoms with E-state index in [1.807, 2.05) is 0 Å². The highest BCUT2D eigenvalue weighted by Gasteiger charge is 2.65. The molecule has 0 unspecified atom stereocenters. The molecule has 2 aromatic rings. The van der Waals surface area contributed by atoms with Crippen molar-refractivity contribution in [1.82, 2.24) is 4.98 Å². The Morgan fingerprint density at radius 2 is 1.78 bits per heavy atom. The fourth-order valence-electron chi connectivity index (χ4n) is 1.52. The molecule has 2 nitrogen and oxygen atoms in total. The molecule has 0 fully saturated rings. The van der Waals surface area contributed by atoms with E-state index in [9.17, 15) is 24.2 Å². The number of halogens is 6. The summed E-state index contributed by atoms with van der Waals surface area (Å²) in [5, 5.41) is 0.141. The van der Waals surface area contributed by atoms with Crippen molar-refractivity contribution in [2.45, 2.75) is 4.90 Å². The summed E-state index contributed by atoms with van der Waals surface area (Å²) in [4.78, 5) is 11.1. The van der Waals surface area contributed by atoms with Crippen LogP contribution in [0.15, 0.2) is 27.7 Å². The number of nitrogens with one attached hydrogen (secondary N) is 1. The topological polar surface area (TPSA) is 32.9 Å². The summed E-state index contributed by atoms with van der Waals surface area (Å²) in [6.45, 7) is 0. The van der Waals surface area contributed by atoms with E-state index in [4.69, 9.17) is 0 Å². The van der Waals surface area contributed by atoms with Crippen molar-refractivity contribution in [3.8, 4) is 0 Å². The van der Waals surface area contributed by atoms with E-state index in [2.05, 4.69) is 20.9 Å². The molecule has 0 saturated carbocycles. The SMILES string of the molecule is O=Cc1c(Br)[nH]c2cc(S(F)(F)(F)(F)F)ccc12. The van der Waals surface area contributed by atoms with Crippen LogP contribution in [0.25, 0.3) is 10.9 Å². The summed E-state index contributed by atoms with van der Waals surface area (Å²) in [6.07, 6.45) is 0.419. The van der Waals surface area contributed by atoms with Gasteiger partial charge < -0.3 is 4.98 Å². The number of carbonyl (C=O) groups excluding carboxylic acids is 1. The van der Waals surface area contributed by atoms with Crippen molar-refractivity contribution in [2.24, 2.45) is 0 Å². The Morgan fingerprint density at radius 1 is 1.17 bits per heavy atom. The van der Waals surface area contributed by atoms with Crippen molar-refractivity contribution in [3.05, 3.63) is 28.4 Å². The van der Waals surface area contributed by atoms with Gasteiger partial charge in [0.05, 0.1) is 10.2 Å². The molecule has 0 aliphatic carbocycles. The van der Waals surface area contributed by atoms with Crippen molar-refractivity contribution >= 4 is 43.3 Å². The number of aldehydes is 1. The highest BCUT2D eigenvalue weighted by molar-refractivity contribution is 9.10. The van der Waals surface area contributed by atoms with E-state index in [0.717, 1.165) is 6.07 Å². The number of hydrogen-bond donors (Lipinski definition) is 1. The molecule has 0 bridgehead atoms. The molecule has 0 aliphatic rings. The first-order chi connectivity index (χ1) is 7.92. The molecule has 9 heteroatoms. The van der Waals surface area contributed by atoms with Gasteiger partial charge in [-0.1, -0.05) is 25.5 Å². The lowest BCUT2D eigenvalue weighted by Crippen LogP contribution is -2.05. The molecule has 0 radical (unpaired) electrons. The quantitative estimate of drug-likeness (QED) is 0.571. The van der Waals surface area contributed by atoms with Crippen molar-refractivity contribution in [3.63, 3.8) is 0 Å². The van der Waals surface area contributed by atoms with Gasteiger partial charge in [0, 0.05) is 10.9 Å². The first-order valence-electron chi connectivity index (χ1n) is 4.43. The molecule has 0 atom stereocenters. The Labute approximate surface area is 106 Å². The zero-order valence-corrected chi connectivity index (χ0v) is 10.8. The summed E-state index contributed by atoms with van der Waals surface area (Å²) < 4.78 is 63.0. The fraction of sp³-hybridized carbons (Fsp3) is 0. The summed E-state index contributed by atoms with van der Waals surface area (Å²) in [7, 11) is -9.70. The van der Waals surface area contributed by atoms with E-state index in [0.29, 0.717) is 12.4 Å². The number of aromatic amines is 1. The van der Waals surface area contributed by atoms with Crippen LogP contribution in [0.3, 0.4) is 0 Å². The molecule has 0 saturated heterocycles. The molecule has 0 amide bonds. The third-order valence-electron chi connectivity index (χ3n) is 2.33. The molecule has 2 rings (SSSR count). The molecule has 0 aliphatic heterocycles. The van der Waals surface area contributed by atoms with E-state index < -0.39 is 15.1 Å². The van der Waals surface area contributed by atoms with Gasteiger partial charge in [-0.3, -0.25) is 4.79 Å². The van der Waals surface area contributed by atoms with Gasteiger partial charge in [0.1, 0.15) is 4.90 Å². The third-order valence-corrected chi connectivity index (χ3v) is 4.10. The Balaban J connectivity index is 2.79. The minimum absolute atomic E-state index is 0.0821. The molecule has 0 spiro atoms. The van der Waals surface area contributed by atoms with Gasteiger partial charge in [0.25, 0.3) is 0 Å². The molecule has 1 N–H and O–H groups in total. The second-order valence-corrected chi connectivity index (χ2v) is 6.85. The van der Waals surface area contributed by atoms with E-state index in [1.165, 1.54) is 0 Å². The third kappa shape index (κ3) is 2.24. The number of H-pyrrole nitrogens is 1.